The second kappa shape index (κ2) is 7.00. The quantitative estimate of drug-likeness (QED) is 0.533. The molecule has 0 bridgehead atoms. The number of carbonyl (C=O) groups excluding carboxylic acids is 1. The van der Waals surface area contributed by atoms with E-state index >= 15 is 0 Å². The monoisotopic (exact) mass is 525 g/mol. The van der Waals surface area contributed by atoms with E-state index in [0.29, 0.717) is 8.95 Å². The van der Waals surface area contributed by atoms with Crippen molar-refractivity contribution in [3.8, 4) is 5.75 Å². The highest BCUT2D eigenvalue weighted by molar-refractivity contribution is 9.11. The lowest BCUT2D eigenvalue weighted by atomic mass is 9.78. The van der Waals surface area contributed by atoms with E-state index in [0.717, 1.165) is 12.1 Å². The van der Waals surface area contributed by atoms with Gasteiger partial charge in [0.1, 0.15) is 17.2 Å². The van der Waals surface area contributed by atoms with Gasteiger partial charge in [0.05, 0.1) is 0 Å². The maximum Gasteiger partial charge on any atom is 0.426 e. The van der Waals surface area contributed by atoms with Gasteiger partial charge in [0.2, 0.25) is 5.60 Å². The van der Waals surface area contributed by atoms with Crippen LogP contribution in [0.3, 0.4) is 0 Å². The van der Waals surface area contributed by atoms with Crippen molar-refractivity contribution in [3.63, 3.8) is 0 Å². The van der Waals surface area contributed by atoms with Crippen LogP contribution in [0.5, 0.6) is 5.75 Å². The molecule has 2 unspecified atom stereocenters. The average molecular weight is 527 g/mol. The Morgan fingerprint density at radius 2 is 1.79 bits per heavy atom. The van der Waals surface area contributed by atoms with Crippen molar-refractivity contribution in [2.45, 2.75) is 30.7 Å². The number of aliphatic hydroxyl groups is 1. The number of benzene rings is 2. The van der Waals surface area contributed by atoms with Crippen LogP contribution in [-0.2, 0) is 10.4 Å². The molecule has 1 heterocycles. The SMILES string of the molecule is CC1(CC(O)(C(=O)Nc2cc(Br)cc(Br)c2)C(F)(F)F)Oc2ccc(F)cc21. The Kier molecular flexibility index (Phi) is 5.26. The lowest BCUT2D eigenvalue weighted by Crippen LogP contribution is -2.60. The molecule has 2 atom stereocenters. The minimum Gasteiger partial charge on any atom is -0.482 e. The Labute approximate surface area is 174 Å². The number of alkyl halides is 3. The van der Waals surface area contributed by atoms with Gasteiger partial charge >= 0.3 is 6.18 Å². The summed E-state index contributed by atoms with van der Waals surface area (Å²) in [4.78, 5) is 12.5. The zero-order valence-electron chi connectivity index (χ0n) is 14.2. The molecule has 0 spiro atoms. The summed E-state index contributed by atoms with van der Waals surface area (Å²) >= 11 is 6.33. The molecule has 0 radical (unpaired) electrons. The van der Waals surface area contributed by atoms with Crippen LogP contribution in [0.25, 0.3) is 0 Å². The van der Waals surface area contributed by atoms with E-state index in [1.165, 1.54) is 25.1 Å². The molecule has 28 heavy (non-hydrogen) atoms. The topological polar surface area (TPSA) is 58.6 Å². The number of amides is 1. The molecule has 3 rings (SSSR count). The number of hydrogen-bond acceptors (Lipinski definition) is 3. The number of carbonyl (C=O) groups is 1. The second-order valence-corrected chi connectivity index (χ2v) is 8.45. The van der Waals surface area contributed by atoms with E-state index in [1.807, 2.05) is 0 Å². The van der Waals surface area contributed by atoms with Crippen molar-refractivity contribution in [2.75, 3.05) is 5.32 Å². The standard InChI is InChI=1S/C18H13Br2F4NO3/c1-16(13-7-11(21)2-3-14(13)28-16)8-17(27,18(22,23)24)15(26)25-12-5-9(19)4-10(20)6-12/h2-7,27H,8H2,1H3,(H,25,26). The third-order valence-electron chi connectivity index (χ3n) is 4.40. The van der Waals surface area contributed by atoms with Crippen molar-refractivity contribution >= 4 is 43.5 Å². The lowest BCUT2D eigenvalue weighted by molar-refractivity contribution is -0.263. The number of rotatable bonds is 4. The molecule has 1 aliphatic rings. The molecule has 10 heteroatoms. The van der Waals surface area contributed by atoms with E-state index in [-0.39, 0.29) is 17.0 Å². The van der Waals surface area contributed by atoms with Crippen molar-refractivity contribution in [1.82, 2.24) is 0 Å². The van der Waals surface area contributed by atoms with Gasteiger partial charge in [0.25, 0.3) is 5.91 Å². The van der Waals surface area contributed by atoms with Gasteiger partial charge in [-0.25, -0.2) is 4.39 Å². The van der Waals surface area contributed by atoms with Gasteiger partial charge in [-0.3, -0.25) is 4.79 Å². The Morgan fingerprint density at radius 3 is 2.36 bits per heavy atom. The molecule has 2 N–H and O–H groups in total. The van der Waals surface area contributed by atoms with Gasteiger partial charge in [-0.15, -0.1) is 0 Å². The summed E-state index contributed by atoms with van der Waals surface area (Å²) in [5.41, 5.74) is -5.26. The fraction of sp³-hybridized carbons (Fsp3) is 0.278. The van der Waals surface area contributed by atoms with E-state index < -0.39 is 35.5 Å². The van der Waals surface area contributed by atoms with Gasteiger partial charge in [-0.2, -0.15) is 13.2 Å². The molecule has 1 aliphatic heterocycles. The number of ether oxygens (including phenoxy) is 1. The van der Waals surface area contributed by atoms with Crippen LogP contribution in [0.15, 0.2) is 45.3 Å². The van der Waals surface area contributed by atoms with Crippen LogP contribution >= 0.6 is 31.9 Å². The molecule has 2 aromatic carbocycles. The number of hydrogen-bond donors (Lipinski definition) is 2. The predicted octanol–water partition coefficient (Wildman–Crippen LogP) is 5.28. The zero-order valence-corrected chi connectivity index (χ0v) is 17.4. The molecule has 0 aliphatic carbocycles. The average Bonchev–Trinajstić information content (AvgIpc) is 2.54. The summed E-state index contributed by atoms with van der Waals surface area (Å²) in [6, 6.07) is 7.79. The van der Waals surface area contributed by atoms with Gasteiger partial charge in [0.15, 0.2) is 0 Å². The molecule has 0 saturated heterocycles. The highest BCUT2D eigenvalue weighted by Gasteiger charge is 2.64. The third-order valence-corrected chi connectivity index (χ3v) is 5.32. The van der Waals surface area contributed by atoms with Crippen LogP contribution in [-0.4, -0.2) is 22.8 Å². The van der Waals surface area contributed by atoms with E-state index in [2.05, 4.69) is 37.2 Å². The molecule has 150 valence electrons. The number of nitrogens with one attached hydrogen (secondary N) is 1. The summed E-state index contributed by atoms with van der Waals surface area (Å²) in [5, 5.41) is 12.5. The fourth-order valence-corrected chi connectivity index (χ4v) is 4.34. The molecular formula is C18H13Br2F4NO3. The van der Waals surface area contributed by atoms with Crippen LogP contribution in [0.2, 0.25) is 0 Å². The summed E-state index contributed by atoms with van der Waals surface area (Å²) < 4.78 is 60.9. The van der Waals surface area contributed by atoms with Gasteiger partial charge in [-0.1, -0.05) is 31.9 Å². The smallest absolute Gasteiger partial charge is 0.426 e. The van der Waals surface area contributed by atoms with Crippen molar-refractivity contribution in [1.29, 1.82) is 0 Å². The van der Waals surface area contributed by atoms with Crippen molar-refractivity contribution in [3.05, 3.63) is 56.7 Å². The molecule has 2 aromatic rings. The summed E-state index contributed by atoms with van der Waals surface area (Å²) in [7, 11) is 0. The van der Waals surface area contributed by atoms with Gasteiger partial charge < -0.3 is 15.2 Å². The summed E-state index contributed by atoms with van der Waals surface area (Å²) in [6.07, 6.45) is -6.43. The summed E-state index contributed by atoms with van der Waals surface area (Å²) in [5.74, 6) is -2.13. The number of fused-ring (bicyclic) bond motifs is 1. The first-order valence-electron chi connectivity index (χ1n) is 7.90. The third kappa shape index (κ3) is 3.77. The number of anilines is 1. The van der Waals surface area contributed by atoms with Crippen molar-refractivity contribution < 1.29 is 32.2 Å². The molecule has 0 saturated carbocycles. The first-order valence-corrected chi connectivity index (χ1v) is 9.48. The molecule has 1 amide bonds. The number of halogens is 6. The Balaban J connectivity index is 1.92. The van der Waals surface area contributed by atoms with Crippen LogP contribution in [0.4, 0.5) is 23.2 Å². The normalized spacial score (nSPS) is 20.4. The Bertz CT molecular complexity index is 933. The second-order valence-electron chi connectivity index (χ2n) is 6.62. The van der Waals surface area contributed by atoms with E-state index in [1.54, 1.807) is 6.07 Å². The Hall–Kier alpha value is -1.65. The lowest BCUT2D eigenvalue weighted by Gasteiger charge is -2.45. The van der Waals surface area contributed by atoms with E-state index in [4.69, 9.17) is 4.74 Å². The Morgan fingerprint density at radius 1 is 1.18 bits per heavy atom. The minimum atomic E-state index is -5.30. The molecule has 0 aromatic heterocycles. The minimum absolute atomic E-state index is 0.0417. The maximum absolute atomic E-state index is 13.7. The summed E-state index contributed by atoms with van der Waals surface area (Å²) in [6.45, 7) is 1.26. The predicted molar refractivity (Wildman–Crippen MR) is 100 cm³/mol. The van der Waals surface area contributed by atoms with Gasteiger partial charge in [-0.05, 0) is 43.3 Å². The van der Waals surface area contributed by atoms with Gasteiger partial charge in [0, 0.05) is 26.6 Å². The molecule has 0 fully saturated rings. The largest absolute Gasteiger partial charge is 0.482 e. The highest BCUT2D eigenvalue weighted by Crippen LogP contribution is 2.51. The van der Waals surface area contributed by atoms with Crippen LogP contribution in [0, 0.1) is 5.82 Å². The van der Waals surface area contributed by atoms with Crippen LogP contribution < -0.4 is 10.1 Å². The van der Waals surface area contributed by atoms with Crippen molar-refractivity contribution in [2.24, 2.45) is 0 Å². The first-order chi connectivity index (χ1) is 12.8. The zero-order chi connectivity index (χ0) is 20.9. The molecular weight excluding hydrogens is 514 g/mol. The van der Waals surface area contributed by atoms with E-state index in [9.17, 15) is 27.5 Å². The first kappa shape index (κ1) is 21.1. The maximum atomic E-state index is 13.7. The molecule has 4 nitrogen and oxygen atoms in total. The van der Waals surface area contributed by atoms with Crippen LogP contribution in [0.1, 0.15) is 18.9 Å². The highest BCUT2D eigenvalue weighted by atomic mass is 79.9. The fourth-order valence-electron chi connectivity index (χ4n) is 3.05.